The number of benzene rings is 1. The standard InChI is InChI=1S/C18H27N3/c1-12(2)11-15-16(20-21(6)17(15)19)13-7-9-14(10-8-13)18(3,4)5/h7-10,12H,11,19H2,1-6H3. The van der Waals surface area contributed by atoms with Crippen molar-refractivity contribution in [2.45, 2.75) is 46.5 Å². The second kappa shape index (κ2) is 5.55. The number of nitrogens with zero attached hydrogens (tertiary/aromatic N) is 2. The quantitative estimate of drug-likeness (QED) is 0.920. The van der Waals surface area contributed by atoms with Crippen LogP contribution in [-0.2, 0) is 18.9 Å². The van der Waals surface area contributed by atoms with E-state index in [2.05, 4.69) is 64.0 Å². The first-order chi connectivity index (χ1) is 9.70. The SMILES string of the molecule is CC(C)Cc1c(-c2ccc(C(C)(C)C)cc2)nn(C)c1N. The van der Waals surface area contributed by atoms with Gasteiger partial charge in [-0.25, -0.2) is 0 Å². The summed E-state index contributed by atoms with van der Waals surface area (Å²) < 4.78 is 1.78. The topological polar surface area (TPSA) is 43.8 Å². The number of hydrogen-bond donors (Lipinski definition) is 1. The molecule has 1 aromatic heterocycles. The highest BCUT2D eigenvalue weighted by Gasteiger charge is 2.18. The highest BCUT2D eigenvalue weighted by molar-refractivity contribution is 5.68. The maximum atomic E-state index is 6.19. The van der Waals surface area contributed by atoms with Crippen LogP contribution in [0.4, 0.5) is 5.82 Å². The van der Waals surface area contributed by atoms with Crippen molar-refractivity contribution in [3.63, 3.8) is 0 Å². The van der Waals surface area contributed by atoms with Crippen molar-refractivity contribution in [1.82, 2.24) is 9.78 Å². The molecule has 2 rings (SSSR count). The Hall–Kier alpha value is -1.77. The number of anilines is 1. The fraction of sp³-hybridized carbons (Fsp3) is 0.500. The Morgan fingerprint density at radius 2 is 1.71 bits per heavy atom. The Bertz CT molecular complexity index is 613. The average molecular weight is 285 g/mol. The van der Waals surface area contributed by atoms with Crippen LogP contribution in [0.3, 0.4) is 0 Å². The summed E-state index contributed by atoms with van der Waals surface area (Å²) in [5, 5.41) is 4.62. The molecule has 0 aliphatic rings. The minimum Gasteiger partial charge on any atom is -0.384 e. The number of hydrogen-bond acceptors (Lipinski definition) is 2. The molecule has 2 N–H and O–H groups in total. The first-order valence-corrected chi connectivity index (χ1v) is 7.62. The maximum Gasteiger partial charge on any atom is 0.125 e. The van der Waals surface area contributed by atoms with Gasteiger partial charge in [0.25, 0.3) is 0 Å². The fourth-order valence-corrected chi connectivity index (χ4v) is 2.55. The molecule has 2 aromatic rings. The number of aromatic nitrogens is 2. The number of nitrogens with two attached hydrogens (primary N) is 1. The van der Waals surface area contributed by atoms with Crippen molar-refractivity contribution in [2.75, 3.05) is 5.73 Å². The molecule has 21 heavy (non-hydrogen) atoms. The van der Waals surface area contributed by atoms with Gasteiger partial charge in [0, 0.05) is 18.2 Å². The molecule has 1 aromatic carbocycles. The van der Waals surface area contributed by atoms with Gasteiger partial charge in [0.05, 0.1) is 5.69 Å². The molecule has 0 atom stereocenters. The van der Waals surface area contributed by atoms with E-state index < -0.39 is 0 Å². The molecule has 0 saturated heterocycles. The van der Waals surface area contributed by atoms with Crippen molar-refractivity contribution < 1.29 is 0 Å². The Labute approximate surface area is 128 Å². The molecular weight excluding hydrogens is 258 g/mol. The molecule has 0 spiro atoms. The molecule has 3 heteroatoms. The molecule has 0 radical (unpaired) electrons. The Kier molecular flexibility index (Phi) is 4.13. The van der Waals surface area contributed by atoms with E-state index in [0.29, 0.717) is 5.92 Å². The molecule has 0 saturated carbocycles. The summed E-state index contributed by atoms with van der Waals surface area (Å²) in [6.07, 6.45) is 0.954. The highest BCUT2D eigenvalue weighted by Crippen LogP contribution is 2.31. The van der Waals surface area contributed by atoms with E-state index in [1.165, 1.54) is 5.56 Å². The maximum absolute atomic E-state index is 6.19. The van der Waals surface area contributed by atoms with E-state index in [0.717, 1.165) is 29.1 Å². The Morgan fingerprint density at radius 3 is 2.19 bits per heavy atom. The van der Waals surface area contributed by atoms with Gasteiger partial charge in [-0.2, -0.15) is 5.10 Å². The van der Waals surface area contributed by atoms with Gasteiger partial charge in [-0.3, -0.25) is 4.68 Å². The average Bonchev–Trinajstić information content (AvgIpc) is 2.66. The van der Waals surface area contributed by atoms with E-state index in [9.17, 15) is 0 Å². The van der Waals surface area contributed by atoms with Gasteiger partial charge >= 0.3 is 0 Å². The normalized spacial score (nSPS) is 12.1. The summed E-state index contributed by atoms with van der Waals surface area (Å²) in [5.41, 5.74) is 11.0. The molecule has 3 nitrogen and oxygen atoms in total. The Morgan fingerprint density at radius 1 is 1.14 bits per heavy atom. The second-order valence-electron chi connectivity index (χ2n) is 7.26. The highest BCUT2D eigenvalue weighted by atomic mass is 15.3. The van der Waals surface area contributed by atoms with E-state index in [1.54, 1.807) is 4.68 Å². The third kappa shape index (κ3) is 3.29. The molecule has 0 aliphatic heterocycles. The van der Waals surface area contributed by atoms with Crippen LogP contribution in [0, 0.1) is 5.92 Å². The summed E-state index contributed by atoms with van der Waals surface area (Å²) in [7, 11) is 1.91. The van der Waals surface area contributed by atoms with Gasteiger partial charge in [-0.05, 0) is 23.3 Å². The van der Waals surface area contributed by atoms with Crippen LogP contribution in [0.2, 0.25) is 0 Å². The van der Waals surface area contributed by atoms with Crippen molar-refractivity contribution >= 4 is 5.82 Å². The second-order valence-corrected chi connectivity index (χ2v) is 7.26. The first kappa shape index (κ1) is 15.6. The summed E-state index contributed by atoms with van der Waals surface area (Å²) in [4.78, 5) is 0. The third-order valence-corrected chi connectivity index (χ3v) is 3.83. The van der Waals surface area contributed by atoms with Crippen molar-refractivity contribution in [3.05, 3.63) is 35.4 Å². The lowest BCUT2D eigenvalue weighted by Gasteiger charge is -2.19. The molecular formula is C18H27N3. The summed E-state index contributed by atoms with van der Waals surface area (Å²) in [6, 6.07) is 8.71. The number of aryl methyl sites for hydroxylation is 1. The number of nitrogen functional groups attached to an aromatic ring is 1. The zero-order valence-electron chi connectivity index (χ0n) is 14.1. The number of rotatable bonds is 3. The van der Waals surface area contributed by atoms with Crippen molar-refractivity contribution in [1.29, 1.82) is 0 Å². The van der Waals surface area contributed by atoms with E-state index in [4.69, 9.17) is 5.73 Å². The lowest BCUT2D eigenvalue weighted by Crippen LogP contribution is -2.10. The van der Waals surface area contributed by atoms with Gasteiger partial charge in [-0.1, -0.05) is 58.9 Å². The summed E-state index contributed by atoms with van der Waals surface area (Å²) in [6.45, 7) is 11.1. The summed E-state index contributed by atoms with van der Waals surface area (Å²) >= 11 is 0. The monoisotopic (exact) mass is 285 g/mol. The van der Waals surface area contributed by atoms with Crippen LogP contribution in [0.5, 0.6) is 0 Å². The molecule has 114 valence electrons. The largest absolute Gasteiger partial charge is 0.384 e. The van der Waals surface area contributed by atoms with Crippen LogP contribution in [0.15, 0.2) is 24.3 Å². The minimum atomic E-state index is 0.169. The molecule has 0 fully saturated rings. The van der Waals surface area contributed by atoms with Gasteiger partial charge < -0.3 is 5.73 Å². The van der Waals surface area contributed by atoms with Crippen LogP contribution >= 0.6 is 0 Å². The molecule has 0 unspecified atom stereocenters. The lowest BCUT2D eigenvalue weighted by atomic mass is 9.86. The van der Waals surface area contributed by atoms with Crippen LogP contribution in [0.1, 0.15) is 45.7 Å². The lowest BCUT2D eigenvalue weighted by molar-refractivity contribution is 0.590. The Balaban J connectivity index is 2.44. The van der Waals surface area contributed by atoms with Crippen LogP contribution in [-0.4, -0.2) is 9.78 Å². The minimum absolute atomic E-state index is 0.169. The first-order valence-electron chi connectivity index (χ1n) is 7.62. The van der Waals surface area contributed by atoms with Crippen LogP contribution < -0.4 is 5.73 Å². The van der Waals surface area contributed by atoms with Crippen LogP contribution in [0.25, 0.3) is 11.3 Å². The van der Waals surface area contributed by atoms with E-state index >= 15 is 0 Å². The van der Waals surface area contributed by atoms with Gasteiger partial charge in [0.15, 0.2) is 0 Å². The van der Waals surface area contributed by atoms with E-state index in [1.807, 2.05) is 7.05 Å². The fourth-order valence-electron chi connectivity index (χ4n) is 2.55. The zero-order valence-corrected chi connectivity index (χ0v) is 14.1. The molecule has 1 heterocycles. The van der Waals surface area contributed by atoms with Gasteiger partial charge in [0.2, 0.25) is 0 Å². The van der Waals surface area contributed by atoms with Gasteiger partial charge in [0.1, 0.15) is 5.82 Å². The van der Waals surface area contributed by atoms with Gasteiger partial charge in [-0.15, -0.1) is 0 Å². The van der Waals surface area contributed by atoms with E-state index in [-0.39, 0.29) is 5.41 Å². The summed E-state index contributed by atoms with van der Waals surface area (Å²) in [5.74, 6) is 1.34. The molecule has 0 amide bonds. The zero-order chi connectivity index (χ0) is 15.8. The predicted molar refractivity (Wildman–Crippen MR) is 90.3 cm³/mol. The van der Waals surface area contributed by atoms with Crippen molar-refractivity contribution in [2.24, 2.45) is 13.0 Å². The predicted octanol–water partition coefficient (Wildman–Crippen LogP) is 4.17. The molecule has 0 bridgehead atoms. The van der Waals surface area contributed by atoms with Crippen molar-refractivity contribution in [3.8, 4) is 11.3 Å². The molecule has 0 aliphatic carbocycles. The third-order valence-electron chi connectivity index (χ3n) is 3.83. The smallest absolute Gasteiger partial charge is 0.125 e.